The molecule has 0 amide bonds. The van der Waals surface area contributed by atoms with Gasteiger partial charge in [-0.15, -0.1) is 0 Å². The number of rotatable bonds is 6. The number of hydrogen-bond donors (Lipinski definition) is 1. The van der Waals surface area contributed by atoms with Gasteiger partial charge in [-0.1, -0.05) is 0 Å². The Kier molecular flexibility index (Phi) is 5.15. The average Bonchev–Trinajstić information content (AvgIpc) is 2.74. The Labute approximate surface area is 102 Å². The largest absolute Gasteiger partial charge is 0.466 e. The van der Waals surface area contributed by atoms with Crippen LogP contribution in [0, 0.1) is 5.92 Å². The number of carbonyl (C=O) groups excluding carboxylic acids is 1. The van der Waals surface area contributed by atoms with Crippen molar-refractivity contribution in [2.45, 2.75) is 33.2 Å². The monoisotopic (exact) mass is 239 g/mol. The van der Waals surface area contributed by atoms with Crippen molar-refractivity contribution in [3.05, 3.63) is 18.0 Å². The number of nitrogens with zero attached hydrogens (tertiary/aromatic N) is 2. The lowest BCUT2D eigenvalue weighted by Crippen LogP contribution is -2.27. The molecular weight excluding hydrogens is 218 g/mol. The molecule has 0 aliphatic heterocycles. The highest BCUT2D eigenvalue weighted by Gasteiger charge is 2.19. The lowest BCUT2D eigenvalue weighted by molar-refractivity contribution is -0.147. The van der Waals surface area contributed by atoms with Gasteiger partial charge in [0.15, 0.2) is 0 Å². The zero-order chi connectivity index (χ0) is 12.8. The molecule has 0 fully saturated rings. The van der Waals surface area contributed by atoms with Crippen LogP contribution in [0.1, 0.15) is 32.4 Å². The summed E-state index contributed by atoms with van der Waals surface area (Å²) in [4.78, 5) is 11.6. The van der Waals surface area contributed by atoms with E-state index >= 15 is 0 Å². The van der Waals surface area contributed by atoms with E-state index in [0.29, 0.717) is 25.6 Å². The molecule has 1 heterocycles. The number of nitrogens with two attached hydrogens (primary N) is 1. The molecule has 5 nitrogen and oxygen atoms in total. The molecule has 17 heavy (non-hydrogen) atoms. The van der Waals surface area contributed by atoms with E-state index in [1.165, 1.54) is 0 Å². The molecule has 0 bridgehead atoms. The van der Waals surface area contributed by atoms with E-state index in [1.807, 2.05) is 10.9 Å². The molecule has 1 unspecified atom stereocenters. The van der Waals surface area contributed by atoms with Crippen LogP contribution in [0.15, 0.2) is 12.4 Å². The van der Waals surface area contributed by atoms with Gasteiger partial charge >= 0.3 is 5.97 Å². The van der Waals surface area contributed by atoms with Crippen LogP contribution in [0.5, 0.6) is 0 Å². The van der Waals surface area contributed by atoms with E-state index in [-0.39, 0.29) is 11.9 Å². The van der Waals surface area contributed by atoms with Crippen LogP contribution in [0.25, 0.3) is 0 Å². The maximum absolute atomic E-state index is 11.6. The smallest absolute Gasteiger partial charge is 0.310 e. The molecule has 0 saturated heterocycles. The predicted octanol–water partition coefficient (Wildman–Crippen LogP) is 1.14. The first kappa shape index (κ1) is 13.7. The van der Waals surface area contributed by atoms with E-state index in [2.05, 4.69) is 18.9 Å². The minimum Gasteiger partial charge on any atom is -0.466 e. The van der Waals surface area contributed by atoms with Crippen molar-refractivity contribution < 1.29 is 9.53 Å². The summed E-state index contributed by atoms with van der Waals surface area (Å²) in [5.41, 5.74) is 6.61. The molecule has 5 heteroatoms. The normalized spacial score (nSPS) is 12.8. The van der Waals surface area contributed by atoms with Gasteiger partial charge in [0.25, 0.3) is 0 Å². The Morgan fingerprint density at radius 1 is 1.59 bits per heavy atom. The first-order valence-electron chi connectivity index (χ1n) is 5.98. The molecule has 0 radical (unpaired) electrons. The fourth-order valence-corrected chi connectivity index (χ4v) is 1.57. The summed E-state index contributed by atoms with van der Waals surface area (Å²) in [6.45, 7) is 6.60. The van der Waals surface area contributed by atoms with Crippen molar-refractivity contribution in [3.63, 3.8) is 0 Å². The van der Waals surface area contributed by atoms with Crippen LogP contribution in [-0.2, 0) is 16.0 Å². The SMILES string of the molecule is CCOC(=O)C(CN)Cc1cnn(C(C)C)c1. The van der Waals surface area contributed by atoms with Gasteiger partial charge in [0.1, 0.15) is 0 Å². The van der Waals surface area contributed by atoms with Gasteiger partial charge in [0.05, 0.1) is 18.7 Å². The number of esters is 1. The Morgan fingerprint density at radius 3 is 2.76 bits per heavy atom. The molecular formula is C12H21N3O2. The minimum absolute atomic E-state index is 0.229. The number of hydrogen-bond acceptors (Lipinski definition) is 4. The predicted molar refractivity (Wildman–Crippen MR) is 65.5 cm³/mol. The molecule has 2 N–H and O–H groups in total. The number of carbonyl (C=O) groups is 1. The number of aromatic nitrogens is 2. The Hall–Kier alpha value is -1.36. The molecule has 0 spiro atoms. The number of ether oxygens (including phenoxy) is 1. The summed E-state index contributed by atoms with van der Waals surface area (Å²) in [5.74, 6) is -0.507. The second-order valence-corrected chi connectivity index (χ2v) is 4.31. The maximum atomic E-state index is 11.6. The van der Waals surface area contributed by atoms with Crippen LogP contribution >= 0.6 is 0 Å². The standard InChI is InChI=1S/C12H21N3O2/c1-4-17-12(16)11(6-13)5-10-7-14-15(8-10)9(2)3/h7-9,11H,4-6,13H2,1-3H3. The summed E-state index contributed by atoms with van der Waals surface area (Å²) in [7, 11) is 0. The van der Waals surface area contributed by atoms with Gasteiger partial charge in [0.2, 0.25) is 0 Å². The van der Waals surface area contributed by atoms with E-state index in [0.717, 1.165) is 5.56 Å². The summed E-state index contributed by atoms with van der Waals surface area (Å²) >= 11 is 0. The van der Waals surface area contributed by atoms with E-state index in [1.54, 1.807) is 13.1 Å². The third-order valence-corrected chi connectivity index (χ3v) is 2.57. The van der Waals surface area contributed by atoms with Crippen LogP contribution in [0.2, 0.25) is 0 Å². The molecule has 1 aromatic rings. The zero-order valence-corrected chi connectivity index (χ0v) is 10.7. The molecule has 0 aliphatic carbocycles. The molecule has 0 saturated carbocycles. The molecule has 1 atom stereocenters. The quantitative estimate of drug-likeness (QED) is 0.756. The zero-order valence-electron chi connectivity index (χ0n) is 10.7. The Bertz CT molecular complexity index is 360. The lowest BCUT2D eigenvalue weighted by Gasteiger charge is -2.12. The van der Waals surface area contributed by atoms with Crippen molar-refractivity contribution in [2.24, 2.45) is 11.7 Å². The first-order valence-corrected chi connectivity index (χ1v) is 5.98. The van der Waals surface area contributed by atoms with Crippen molar-refractivity contribution in [1.29, 1.82) is 0 Å². The van der Waals surface area contributed by atoms with Gasteiger partial charge < -0.3 is 10.5 Å². The minimum atomic E-state index is -0.278. The van der Waals surface area contributed by atoms with Crippen LogP contribution in [-0.4, -0.2) is 28.9 Å². The summed E-state index contributed by atoms with van der Waals surface area (Å²) in [5, 5.41) is 4.23. The van der Waals surface area contributed by atoms with Gasteiger partial charge in [-0.3, -0.25) is 9.48 Å². The highest BCUT2D eigenvalue weighted by atomic mass is 16.5. The van der Waals surface area contributed by atoms with Gasteiger partial charge in [0, 0.05) is 18.8 Å². The third-order valence-electron chi connectivity index (χ3n) is 2.57. The fourth-order valence-electron chi connectivity index (χ4n) is 1.57. The highest BCUT2D eigenvalue weighted by molar-refractivity contribution is 5.73. The Balaban J connectivity index is 2.63. The van der Waals surface area contributed by atoms with Gasteiger partial charge in [-0.05, 0) is 32.8 Å². The summed E-state index contributed by atoms with van der Waals surface area (Å²) in [6.07, 6.45) is 4.32. The Morgan fingerprint density at radius 2 is 2.29 bits per heavy atom. The van der Waals surface area contributed by atoms with Crippen LogP contribution in [0.4, 0.5) is 0 Å². The maximum Gasteiger partial charge on any atom is 0.310 e. The fraction of sp³-hybridized carbons (Fsp3) is 0.667. The van der Waals surface area contributed by atoms with Crippen LogP contribution < -0.4 is 5.73 Å². The third kappa shape index (κ3) is 3.85. The van der Waals surface area contributed by atoms with Crippen molar-refractivity contribution in [3.8, 4) is 0 Å². The molecule has 96 valence electrons. The first-order chi connectivity index (χ1) is 8.08. The summed E-state index contributed by atoms with van der Waals surface area (Å²) in [6, 6.07) is 0.322. The average molecular weight is 239 g/mol. The van der Waals surface area contributed by atoms with Crippen molar-refractivity contribution in [1.82, 2.24) is 9.78 Å². The van der Waals surface area contributed by atoms with Crippen molar-refractivity contribution in [2.75, 3.05) is 13.2 Å². The molecule has 1 rings (SSSR count). The second kappa shape index (κ2) is 6.39. The van der Waals surface area contributed by atoms with E-state index in [9.17, 15) is 4.79 Å². The molecule has 0 aliphatic rings. The van der Waals surface area contributed by atoms with Gasteiger partial charge in [-0.2, -0.15) is 5.10 Å². The van der Waals surface area contributed by atoms with Gasteiger partial charge in [-0.25, -0.2) is 0 Å². The van der Waals surface area contributed by atoms with E-state index in [4.69, 9.17) is 10.5 Å². The highest BCUT2D eigenvalue weighted by Crippen LogP contribution is 2.11. The molecule has 0 aromatic carbocycles. The topological polar surface area (TPSA) is 70.1 Å². The van der Waals surface area contributed by atoms with E-state index < -0.39 is 0 Å². The lowest BCUT2D eigenvalue weighted by atomic mass is 10.0. The van der Waals surface area contributed by atoms with Crippen molar-refractivity contribution >= 4 is 5.97 Å². The van der Waals surface area contributed by atoms with Crippen LogP contribution in [0.3, 0.4) is 0 Å². The summed E-state index contributed by atoms with van der Waals surface area (Å²) < 4.78 is 6.84. The molecule has 1 aromatic heterocycles. The second-order valence-electron chi connectivity index (χ2n) is 4.31.